The molecule has 0 aromatic heterocycles. The Morgan fingerprint density at radius 3 is 3.20 bits per heavy atom. The van der Waals surface area contributed by atoms with Gasteiger partial charge in [-0.2, -0.15) is 5.10 Å². The van der Waals surface area contributed by atoms with Crippen molar-refractivity contribution in [2.75, 3.05) is 13.7 Å². The van der Waals surface area contributed by atoms with Crippen LogP contribution in [0.25, 0.3) is 0 Å². The Balaban J connectivity index is 2.43. The summed E-state index contributed by atoms with van der Waals surface area (Å²) in [5.74, 6) is 3.30. The Hall–Kier alpha value is -1.95. The van der Waals surface area contributed by atoms with E-state index in [-0.39, 0.29) is 0 Å². The number of rotatable bonds is 5. The highest BCUT2D eigenvalue weighted by molar-refractivity contribution is 5.61. The standard InChI is InChI=1S/C12H14N2O/c1-3-8-13-14-9-7-11-5-4-6-12(10-11)15-2/h1,4-6,9-10,13H,7-8H2,2H3/b14-9+. The third-order valence-electron chi connectivity index (χ3n) is 1.82. The number of hydrogen-bond acceptors (Lipinski definition) is 3. The van der Waals surface area contributed by atoms with E-state index in [0.717, 1.165) is 17.7 Å². The van der Waals surface area contributed by atoms with Gasteiger partial charge in [0.05, 0.1) is 13.7 Å². The average Bonchev–Trinajstić information content (AvgIpc) is 2.29. The van der Waals surface area contributed by atoms with Crippen molar-refractivity contribution >= 4 is 6.21 Å². The lowest BCUT2D eigenvalue weighted by Crippen LogP contribution is -2.05. The molecule has 0 spiro atoms. The highest BCUT2D eigenvalue weighted by Crippen LogP contribution is 2.12. The van der Waals surface area contributed by atoms with Gasteiger partial charge in [-0.15, -0.1) is 6.42 Å². The number of benzene rings is 1. The van der Waals surface area contributed by atoms with E-state index in [9.17, 15) is 0 Å². The summed E-state index contributed by atoms with van der Waals surface area (Å²) in [6, 6.07) is 7.87. The molecule has 0 radical (unpaired) electrons. The molecule has 0 atom stereocenters. The van der Waals surface area contributed by atoms with E-state index in [2.05, 4.69) is 16.4 Å². The van der Waals surface area contributed by atoms with Crippen LogP contribution in [0.2, 0.25) is 0 Å². The summed E-state index contributed by atoms with van der Waals surface area (Å²) >= 11 is 0. The van der Waals surface area contributed by atoms with E-state index < -0.39 is 0 Å². The van der Waals surface area contributed by atoms with E-state index in [1.165, 1.54) is 0 Å². The lowest BCUT2D eigenvalue weighted by molar-refractivity contribution is 0.414. The molecular weight excluding hydrogens is 188 g/mol. The lowest BCUT2D eigenvalue weighted by atomic mass is 10.1. The number of terminal acetylenes is 1. The van der Waals surface area contributed by atoms with E-state index in [1.54, 1.807) is 13.3 Å². The van der Waals surface area contributed by atoms with Crippen LogP contribution in [0.5, 0.6) is 5.75 Å². The topological polar surface area (TPSA) is 33.6 Å². The molecule has 1 aromatic rings. The molecule has 3 heteroatoms. The molecule has 1 aromatic carbocycles. The van der Waals surface area contributed by atoms with Gasteiger partial charge < -0.3 is 4.74 Å². The van der Waals surface area contributed by atoms with Gasteiger partial charge in [0.2, 0.25) is 0 Å². The molecule has 15 heavy (non-hydrogen) atoms. The predicted molar refractivity (Wildman–Crippen MR) is 62.0 cm³/mol. The smallest absolute Gasteiger partial charge is 0.119 e. The Kier molecular flexibility index (Phi) is 4.82. The second kappa shape index (κ2) is 6.50. The summed E-state index contributed by atoms with van der Waals surface area (Å²) < 4.78 is 5.11. The van der Waals surface area contributed by atoms with Crippen molar-refractivity contribution in [2.45, 2.75) is 6.42 Å². The molecule has 1 N–H and O–H groups in total. The molecule has 78 valence electrons. The molecule has 0 saturated heterocycles. The zero-order chi connectivity index (χ0) is 10.9. The monoisotopic (exact) mass is 202 g/mol. The maximum atomic E-state index is 5.11. The van der Waals surface area contributed by atoms with Crippen molar-refractivity contribution in [3.05, 3.63) is 29.8 Å². The van der Waals surface area contributed by atoms with Crippen molar-refractivity contribution < 1.29 is 4.74 Å². The summed E-state index contributed by atoms with van der Waals surface area (Å²) in [7, 11) is 1.65. The van der Waals surface area contributed by atoms with Crippen LogP contribution < -0.4 is 10.2 Å². The number of hydrazone groups is 1. The average molecular weight is 202 g/mol. The van der Waals surface area contributed by atoms with Crippen molar-refractivity contribution in [1.82, 2.24) is 5.43 Å². The zero-order valence-corrected chi connectivity index (χ0v) is 8.73. The summed E-state index contributed by atoms with van der Waals surface area (Å²) in [6.45, 7) is 0.453. The number of ether oxygens (including phenoxy) is 1. The molecule has 3 nitrogen and oxygen atoms in total. The van der Waals surface area contributed by atoms with Gasteiger partial charge in [-0.1, -0.05) is 18.1 Å². The van der Waals surface area contributed by atoms with Gasteiger partial charge in [0, 0.05) is 12.6 Å². The SMILES string of the molecule is C#CCN/N=C/Cc1cccc(OC)c1. The first-order valence-electron chi connectivity index (χ1n) is 4.67. The maximum Gasteiger partial charge on any atom is 0.119 e. The fourth-order valence-electron chi connectivity index (χ4n) is 1.11. The minimum Gasteiger partial charge on any atom is -0.497 e. The molecule has 0 fully saturated rings. The van der Waals surface area contributed by atoms with Gasteiger partial charge >= 0.3 is 0 Å². The third-order valence-corrected chi connectivity index (χ3v) is 1.82. The van der Waals surface area contributed by atoms with Gasteiger partial charge in [0.25, 0.3) is 0 Å². The van der Waals surface area contributed by atoms with Crippen LogP contribution in [-0.4, -0.2) is 19.9 Å². The normalized spacial score (nSPS) is 9.87. The molecule has 0 saturated carbocycles. The summed E-state index contributed by atoms with van der Waals surface area (Å²) in [5.41, 5.74) is 3.89. The fraction of sp³-hybridized carbons (Fsp3) is 0.250. The zero-order valence-electron chi connectivity index (χ0n) is 8.73. The second-order valence-electron chi connectivity index (χ2n) is 2.91. The third kappa shape index (κ3) is 4.19. The Morgan fingerprint density at radius 2 is 2.47 bits per heavy atom. The van der Waals surface area contributed by atoms with Crippen molar-refractivity contribution in [1.29, 1.82) is 0 Å². The minimum absolute atomic E-state index is 0.453. The van der Waals surface area contributed by atoms with Crippen molar-refractivity contribution in [3.8, 4) is 18.1 Å². The molecule has 0 amide bonds. The Labute approximate surface area is 90.1 Å². The van der Waals surface area contributed by atoms with Crippen LogP contribution in [-0.2, 0) is 6.42 Å². The van der Waals surface area contributed by atoms with Crippen LogP contribution in [0.1, 0.15) is 5.56 Å². The molecule has 0 aliphatic rings. The molecule has 0 aliphatic carbocycles. The number of nitrogens with one attached hydrogen (secondary N) is 1. The van der Waals surface area contributed by atoms with E-state index in [0.29, 0.717) is 6.54 Å². The predicted octanol–water partition coefficient (Wildman–Crippen LogP) is 1.45. The van der Waals surface area contributed by atoms with Crippen LogP contribution in [0.3, 0.4) is 0 Å². The number of hydrogen-bond donors (Lipinski definition) is 1. The summed E-state index contributed by atoms with van der Waals surface area (Å²) in [4.78, 5) is 0. The first-order chi connectivity index (χ1) is 7.36. The van der Waals surface area contributed by atoms with Crippen LogP contribution >= 0.6 is 0 Å². The first kappa shape index (κ1) is 11.1. The summed E-state index contributed by atoms with van der Waals surface area (Å²) in [6.07, 6.45) is 7.60. The fourth-order valence-corrected chi connectivity index (χ4v) is 1.11. The van der Waals surface area contributed by atoms with Crippen molar-refractivity contribution in [2.24, 2.45) is 5.10 Å². The summed E-state index contributed by atoms with van der Waals surface area (Å²) in [5, 5.41) is 3.95. The largest absolute Gasteiger partial charge is 0.497 e. The molecular formula is C12H14N2O. The van der Waals surface area contributed by atoms with Crippen LogP contribution in [0, 0.1) is 12.3 Å². The van der Waals surface area contributed by atoms with Crippen LogP contribution in [0.4, 0.5) is 0 Å². The van der Waals surface area contributed by atoms with Gasteiger partial charge in [-0.25, -0.2) is 0 Å². The highest BCUT2D eigenvalue weighted by Gasteiger charge is 1.93. The molecule has 0 unspecified atom stereocenters. The maximum absolute atomic E-state index is 5.11. The number of nitrogens with zero attached hydrogens (tertiary/aromatic N) is 1. The molecule has 0 aliphatic heterocycles. The quantitative estimate of drug-likeness (QED) is 0.339. The Bertz CT molecular complexity index is 366. The van der Waals surface area contributed by atoms with Crippen LogP contribution in [0.15, 0.2) is 29.4 Å². The molecule has 1 rings (SSSR count). The second-order valence-corrected chi connectivity index (χ2v) is 2.91. The van der Waals surface area contributed by atoms with Gasteiger partial charge in [-0.3, -0.25) is 5.43 Å². The molecule has 0 heterocycles. The van der Waals surface area contributed by atoms with Gasteiger partial charge in [0.15, 0.2) is 0 Å². The van der Waals surface area contributed by atoms with E-state index in [1.807, 2.05) is 24.3 Å². The number of methoxy groups -OCH3 is 1. The van der Waals surface area contributed by atoms with Gasteiger partial charge in [-0.05, 0) is 17.7 Å². The van der Waals surface area contributed by atoms with E-state index in [4.69, 9.17) is 11.2 Å². The van der Waals surface area contributed by atoms with E-state index >= 15 is 0 Å². The van der Waals surface area contributed by atoms with Crippen molar-refractivity contribution in [3.63, 3.8) is 0 Å². The van der Waals surface area contributed by atoms with Gasteiger partial charge in [0.1, 0.15) is 5.75 Å². The minimum atomic E-state index is 0.453. The molecule has 0 bridgehead atoms. The first-order valence-corrected chi connectivity index (χ1v) is 4.67. The lowest BCUT2D eigenvalue weighted by Gasteiger charge is -2.01. The Morgan fingerprint density at radius 1 is 1.60 bits per heavy atom. The highest BCUT2D eigenvalue weighted by atomic mass is 16.5.